The Morgan fingerprint density at radius 1 is 1.31 bits per heavy atom. The monoisotopic (exact) mass is 245 g/mol. The smallest absolute Gasteiger partial charge is 0.159 e. The summed E-state index contributed by atoms with van der Waals surface area (Å²) in [6, 6.07) is 3.67. The van der Waals surface area contributed by atoms with Gasteiger partial charge in [0.05, 0.1) is 0 Å². The second-order valence-corrected chi connectivity index (χ2v) is 5.53. The van der Waals surface area contributed by atoms with Gasteiger partial charge in [0, 0.05) is 35.4 Å². The van der Waals surface area contributed by atoms with Crippen LogP contribution in [0.4, 0.5) is 8.78 Å². The summed E-state index contributed by atoms with van der Waals surface area (Å²) in [4.78, 5) is 0. The Morgan fingerprint density at radius 2 is 2.06 bits per heavy atom. The van der Waals surface area contributed by atoms with Crippen LogP contribution >= 0.6 is 0 Å². The van der Waals surface area contributed by atoms with Gasteiger partial charge in [0.25, 0.3) is 0 Å². The number of benzene rings is 1. The lowest BCUT2D eigenvalue weighted by Gasteiger charge is -2.26. The van der Waals surface area contributed by atoms with Crippen molar-refractivity contribution in [2.75, 3.05) is 18.8 Å². The van der Waals surface area contributed by atoms with Gasteiger partial charge in [0.2, 0.25) is 0 Å². The summed E-state index contributed by atoms with van der Waals surface area (Å²) in [7, 11) is -0.994. The van der Waals surface area contributed by atoms with Gasteiger partial charge in [-0.25, -0.2) is 8.78 Å². The minimum absolute atomic E-state index is 0.299. The maximum absolute atomic E-state index is 12.9. The van der Waals surface area contributed by atoms with Gasteiger partial charge in [-0.15, -0.1) is 0 Å². The van der Waals surface area contributed by atoms with Crippen molar-refractivity contribution in [3.05, 3.63) is 35.4 Å². The van der Waals surface area contributed by atoms with Gasteiger partial charge in [-0.05, 0) is 23.6 Å². The highest BCUT2D eigenvalue weighted by Crippen LogP contribution is 2.12. The Hall–Kier alpha value is -0.810. The van der Waals surface area contributed by atoms with Gasteiger partial charge in [-0.2, -0.15) is 0 Å². The number of nitrogens with one attached hydrogen (secondary N) is 1. The first-order chi connectivity index (χ1) is 7.65. The molecule has 2 nitrogen and oxygen atoms in total. The molecule has 1 unspecified atom stereocenters. The van der Waals surface area contributed by atoms with Crippen molar-refractivity contribution in [3.8, 4) is 0 Å². The number of hydrogen-bond donors (Lipinski definition) is 1. The second kappa shape index (κ2) is 5.01. The van der Waals surface area contributed by atoms with Crippen molar-refractivity contribution in [3.63, 3.8) is 0 Å². The first kappa shape index (κ1) is 11.7. The Balaban J connectivity index is 1.92. The highest BCUT2D eigenvalue weighted by atomic mass is 32.2. The van der Waals surface area contributed by atoms with Crippen LogP contribution in [-0.2, 0) is 16.6 Å². The SMILES string of the molecule is O=S(Cc1ccc(F)c(F)c1)CC1CNC1. The number of halogens is 2. The summed E-state index contributed by atoms with van der Waals surface area (Å²) in [5.74, 6) is -0.344. The first-order valence-electron chi connectivity index (χ1n) is 5.15. The molecule has 0 bridgehead atoms. The average Bonchev–Trinajstić information content (AvgIpc) is 2.18. The van der Waals surface area contributed by atoms with Crippen LogP contribution in [0.2, 0.25) is 0 Å². The van der Waals surface area contributed by atoms with E-state index in [1.54, 1.807) is 0 Å². The molecule has 0 radical (unpaired) electrons. The molecule has 2 rings (SSSR count). The molecular formula is C11H13F2NOS. The van der Waals surface area contributed by atoms with E-state index in [2.05, 4.69) is 5.32 Å². The predicted molar refractivity (Wildman–Crippen MR) is 59.4 cm³/mol. The van der Waals surface area contributed by atoms with E-state index in [1.807, 2.05) is 0 Å². The zero-order valence-corrected chi connectivity index (χ0v) is 9.53. The van der Waals surface area contributed by atoms with Crippen molar-refractivity contribution in [2.24, 2.45) is 5.92 Å². The third kappa shape index (κ3) is 2.86. The lowest BCUT2D eigenvalue weighted by atomic mass is 10.1. The Kier molecular flexibility index (Phi) is 3.66. The molecule has 1 aromatic carbocycles. The second-order valence-electron chi connectivity index (χ2n) is 4.02. The highest BCUT2D eigenvalue weighted by molar-refractivity contribution is 7.84. The van der Waals surface area contributed by atoms with Crippen molar-refractivity contribution in [1.29, 1.82) is 0 Å². The first-order valence-corrected chi connectivity index (χ1v) is 6.63. The summed E-state index contributed by atoms with van der Waals surface area (Å²) in [6.07, 6.45) is 0. The van der Waals surface area contributed by atoms with Gasteiger partial charge < -0.3 is 5.32 Å². The summed E-state index contributed by atoms with van der Waals surface area (Å²) < 4.78 is 37.2. The lowest BCUT2D eigenvalue weighted by molar-refractivity contribution is 0.382. The van der Waals surface area contributed by atoms with Gasteiger partial charge in [-0.3, -0.25) is 4.21 Å². The van der Waals surface area contributed by atoms with Gasteiger partial charge in [-0.1, -0.05) is 6.07 Å². The molecule has 1 aromatic rings. The maximum Gasteiger partial charge on any atom is 0.159 e. The summed E-state index contributed by atoms with van der Waals surface area (Å²) in [6.45, 7) is 1.81. The molecule has 1 atom stereocenters. The van der Waals surface area contributed by atoms with E-state index in [-0.39, 0.29) is 0 Å². The minimum Gasteiger partial charge on any atom is -0.316 e. The fourth-order valence-corrected chi connectivity index (χ4v) is 3.03. The van der Waals surface area contributed by atoms with Crippen molar-refractivity contribution in [2.45, 2.75) is 5.75 Å². The largest absolute Gasteiger partial charge is 0.316 e. The molecule has 0 amide bonds. The van der Waals surface area contributed by atoms with Crippen molar-refractivity contribution < 1.29 is 13.0 Å². The van der Waals surface area contributed by atoms with Crippen LogP contribution in [0.15, 0.2) is 18.2 Å². The van der Waals surface area contributed by atoms with E-state index in [0.717, 1.165) is 25.2 Å². The summed E-state index contributed by atoms with van der Waals surface area (Å²) in [5, 5.41) is 3.10. The standard InChI is InChI=1S/C11H13F2NOS/c12-10-2-1-8(3-11(10)13)6-16(15)7-9-4-14-5-9/h1-3,9,14H,4-7H2. The van der Waals surface area contributed by atoms with Crippen LogP contribution in [0.25, 0.3) is 0 Å². The van der Waals surface area contributed by atoms with E-state index < -0.39 is 22.4 Å². The Labute approximate surface area is 95.5 Å². The molecule has 1 saturated heterocycles. The van der Waals surface area contributed by atoms with Crippen molar-refractivity contribution in [1.82, 2.24) is 5.32 Å². The fourth-order valence-electron chi connectivity index (χ4n) is 1.60. The highest BCUT2D eigenvalue weighted by Gasteiger charge is 2.19. The maximum atomic E-state index is 12.9. The molecule has 1 fully saturated rings. The van der Waals surface area contributed by atoms with Crippen LogP contribution < -0.4 is 5.32 Å². The zero-order chi connectivity index (χ0) is 11.5. The van der Waals surface area contributed by atoms with E-state index in [9.17, 15) is 13.0 Å². The van der Waals surface area contributed by atoms with E-state index in [1.165, 1.54) is 6.07 Å². The van der Waals surface area contributed by atoms with E-state index in [4.69, 9.17) is 0 Å². The lowest BCUT2D eigenvalue weighted by Crippen LogP contribution is -2.44. The van der Waals surface area contributed by atoms with Crippen LogP contribution in [-0.4, -0.2) is 23.1 Å². The Morgan fingerprint density at radius 3 is 2.62 bits per heavy atom. The van der Waals surface area contributed by atoms with E-state index >= 15 is 0 Å². The molecule has 1 aliphatic heterocycles. The van der Waals surface area contributed by atoms with Gasteiger partial charge in [0.1, 0.15) is 0 Å². The van der Waals surface area contributed by atoms with Crippen LogP contribution in [0, 0.1) is 17.6 Å². The molecular weight excluding hydrogens is 232 g/mol. The molecule has 0 saturated carbocycles. The number of rotatable bonds is 4. The molecule has 0 aliphatic carbocycles. The van der Waals surface area contributed by atoms with Gasteiger partial charge in [0.15, 0.2) is 11.6 Å². The Bertz CT molecular complexity index is 407. The normalized spacial score (nSPS) is 18.1. The van der Waals surface area contributed by atoms with Crippen LogP contribution in [0.5, 0.6) is 0 Å². The summed E-state index contributed by atoms with van der Waals surface area (Å²) >= 11 is 0. The number of hydrogen-bond acceptors (Lipinski definition) is 2. The third-order valence-electron chi connectivity index (χ3n) is 2.60. The molecule has 1 heterocycles. The molecule has 5 heteroatoms. The molecule has 16 heavy (non-hydrogen) atoms. The summed E-state index contributed by atoms with van der Waals surface area (Å²) in [5.41, 5.74) is 0.588. The predicted octanol–water partition coefficient (Wildman–Crippen LogP) is 1.43. The fraction of sp³-hybridized carbons (Fsp3) is 0.455. The topological polar surface area (TPSA) is 29.1 Å². The molecule has 0 aromatic heterocycles. The van der Waals surface area contributed by atoms with Crippen LogP contribution in [0.1, 0.15) is 5.56 Å². The third-order valence-corrected chi connectivity index (χ3v) is 4.10. The van der Waals surface area contributed by atoms with Crippen molar-refractivity contribution >= 4 is 10.8 Å². The van der Waals surface area contributed by atoms with Gasteiger partial charge >= 0.3 is 0 Å². The molecule has 0 spiro atoms. The molecule has 88 valence electrons. The van der Waals surface area contributed by atoms with E-state index in [0.29, 0.717) is 23.0 Å². The minimum atomic E-state index is -0.994. The average molecular weight is 245 g/mol. The quantitative estimate of drug-likeness (QED) is 0.869. The molecule has 1 aliphatic rings. The molecule has 1 N–H and O–H groups in total. The van der Waals surface area contributed by atoms with Crippen LogP contribution in [0.3, 0.4) is 0 Å². The zero-order valence-electron chi connectivity index (χ0n) is 8.71.